The first kappa shape index (κ1) is 18.8. The molecular formula is C17H27ClN2O2. The first-order valence-corrected chi connectivity index (χ1v) is 7.50. The zero-order chi connectivity index (χ0) is 15.6. The number of methoxy groups -OCH3 is 1. The van der Waals surface area contributed by atoms with Gasteiger partial charge in [-0.1, -0.05) is 26.0 Å². The van der Waals surface area contributed by atoms with Crippen molar-refractivity contribution in [3.05, 3.63) is 29.3 Å². The Kier molecular flexibility index (Phi) is 6.27. The maximum absolute atomic E-state index is 12.5. The van der Waals surface area contributed by atoms with Crippen molar-refractivity contribution in [3.63, 3.8) is 0 Å². The van der Waals surface area contributed by atoms with E-state index in [4.69, 9.17) is 10.5 Å². The van der Waals surface area contributed by atoms with Gasteiger partial charge in [0, 0.05) is 19.1 Å². The highest BCUT2D eigenvalue weighted by atomic mass is 35.5. The van der Waals surface area contributed by atoms with Crippen molar-refractivity contribution in [1.82, 2.24) is 4.90 Å². The van der Waals surface area contributed by atoms with Gasteiger partial charge >= 0.3 is 0 Å². The van der Waals surface area contributed by atoms with Crippen molar-refractivity contribution < 1.29 is 9.53 Å². The molecule has 0 saturated carbocycles. The molecule has 1 fully saturated rings. The molecule has 4 nitrogen and oxygen atoms in total. The van der Waals surface area contributed by atoms with E-state index in [1.165, 1.54) is 0 Å². The summed E-state index contributed by atoms with van der Waals surface area (Å²) < 4.78 is 5.32. The van der Waals surface area contributed by atoms with Crippen LogP contribution in [0.4, 0.5) is 0 Å². The Morgan fingerprint density at radius 3 is 2.73 bits per heavy atom. The van der Waals surface area contributed by atoms with E-state index in [1.54, 1.807) is 7.11 Å². The normalized spacial score (nSPS) is 20.2. The molecule has 1 heterocycles. The lowest BCUT2D eigenvalue weighted by atomic mass is 9.79. The molecule has 1 atom stereocenters. The topological polar surface area (TPSA) is 55.6 Å². The van der Waals surface area contributed by atoms with Gasteiger partial charge in [0.1, 0.15) is 5.75 Å². The van der Waals surface area contributed by atoms with Crippen LogP contribution in [0.5, 0.6) is 5.75 Å². The Morgan fingerprint density at radius 2 is 2.14 bits per heavy atom. The monoisotopic (exact) mass is 326 g/mol. The van der Waals surface area contributed by atoms with Crippen LogP contribution in [0, 0.1) is 12.3 Å². The zero-order valence-electron chi connectivity index (χ0n) is 13.9. The van der Waals surface area contributed by atoms with Gasteiger partial charge in [-0.25, -0.2) is 0 Å². The Hall–Kier alpha value is -1.26. The fraction of sp³-hybridized carbons (Fsp3) is 0.588. The fourth-order valence-corrected chi connectivity index (χ4v) is 2.85. The minimum Gasteiger partial charge on any atom is -0.496 e. The molecule has 0 bridgehead atoms. The molecule has 1 aromatic rings. The van der Waals surface area contributed by atoms with Gasteiger partial charge in [-0.05, 0) is 36.0 Å². The Morgan fingerprint density at radius 1 is 1.45 bits per heavy atom. The first-order valence-electron chi connectivity index (χ1n) is 7.50. The van der Waals surface area contributed by atoms with Gasteiger partial charge in [0.15, 0.2) is 0 Å². The van der Waals surface area contributed by atoms with Gasteiger partial charge in [0.2, 0.25) is 5.91 Å². The van der Waals surface area contributed by atoms with E-state index < -0.39 is 0 Å². The first-order chi connectivity index (χ1) is 9.83. The lowest BCUT2D eigenvalue weighted by Crippen LogP contribution is -2.54. The van der Waals surface area contributed by atoms with E-state index in [1.807, 2.05) is 30.0 Å². The molecule has 22 heavy (non-hydrogen) atoms. The summed E-state index contributed by atoms with van der Waals surface area (Å²) in [5.41, 5.74) is 8.19. The van der Waals surface area contributed by atoms with Crippen LogP contribution in [-0.2, 0) is 11.2 Å². The third-order valence-electron chi connectivity index (χ3n) is 4.49. The molecule has 0 spiro atoms. The SMILES string of the molecule is COc1cc(CC(=O)N2CCC(N)C(C)(C)C2)ccc1C.Cl. The number of benzene rings is 1. The minimum absolute atomic E-state index is 0. The van der Waals surface area contributed by atoms with Crippen molar-refractivity contribution in [1.29, 1.82) is 0 Å². The Labute approximate surface area is 139 Å². The fourth-order valence-electron chi connectivity index (χ4n) is 2.85. The number of likely N-dealkylation sites (tertiary alicyclic amines) is 1. The Bertz CT molecular complexity index is 531. The van der Waals surface area contributed by atoms with Gasteiger partial charge < -0.3 is 15.4 Å². The summed E-state index contributed by atoms with van der Waals surface area (Å²) in [5, 5.41) is 0. The predicted molar refractivity (Wildman–Crippen MR) is 91.6 cm³/mol. The Balaban J connectivity index is 0.00000242. The molecule has 1 aliphatic heterocycles. The van der Waals surface area contributed by atoms with Gasteiger partial charge in [-0.3, -0.25) is 4.79 Å². The van der Waals surface area contributed by atoms with Crippen molar-refractivity contribution in [3.8, 4) is 5.75 Å². The molecule has 1 unspecified atom stereocenters. The van der Waals surface area contributed by atoms with Crippen LogP contribution in [0.25, 0.3) is 0 Å². The van der Waals surface area contributed by atoms with Crippen LogP contribution >= 0.6 is 12.4 Å². The number of amides is 1. The molecule has 0 aromatic heterocycles. The average molecular weight is 327 g/mol. The van der Waals surface area contributed by atoms with Crippen LogP contribution < -0.4 is 10.5 Å². The highest BCUT2D eigenvalue weighted by Gasteiger charge is 2.35. The average Bonchev–Trinajstić information content (AvgIpc) is 2.43. The summed E-state index contributed by atoms with van der Waals surface area (Å²) in [4.78, 5) is 14.4. The lowest BCUT2D eigenvalue weighted by Gasteiger charge is -2.42. The number of hydrogen-bond acceptors (Lipinski definition) is 3. The van der Waals surface area contributed by atoms with Crippen LogP contribution in [0.2, 0.25) is 0 Å². The van der Waals surface area contributed by atoms with Gasteiger partial charge in [-0.2, -0.15) is 0 Å². The molecule has 5 heteroatoms. The van der Waals surface area contributed by atoms with E-state index in [0.717, 1.165) is 36.4 Å². The molecule has 2 rings (SSSR count). The lowest BCUT2D eigenvalue weighted by molar-refractivity contribution is -0.133. The van der Waals surface area contributed by atoms with E-state index in [2.05, 4.69) is 13.8 Å². The van der Waals surface area contributed by atoms with Crippen LogP contribution in [-0.4, -0.2) is 37.0 Å². The number of carbonyl (C=O) groups is 1. The van der Waals surface area contributed by atoms with Crippen LogP contribution in [0.3, 0.4) is 0 Å². The molecule has 2 N–H and O–H groups in total. The second-order valence-corrected chi connectivity index (χ2v) is 6.68. The van der Waals surface area contributed by atoms with Crippen LogP contribution in [0.15, 0.2) is 18.2 Å². The van der Waals surface area contributed by atoms with E-state index in [9.17, 15) is 4.79 Å². The maximum atomic E-state index is 12.5. The second-order valence-electron chi connectivity index (χ2n) is 6.68. The standard InChI is InChI=1S/C17H26N2O2.ClH/c1-12-5-6-13(9-14(12)21-4)10-16(20)19-8-7-15(18)17(2,3)11-19;/h5-6,9,15H,7-8,10-11,18H2,1-4H3;1H. The number of piperidine rings is 1. The highest BCUT2D eigenvalue weighted by Crippen LogP contribution is 2.28. The summed E-state index contributed by atoms with van der Waals surface area (Å²) in [6.45, 7) is 7.75. The van der Waals surface area contributed by atoms with Crippen molar-refractivity contribution in [2.45, 2.75) is 39.7 Å². The third kappa shape index (κ3) is 4.14. The number of rotatable bonds is 3. The predicted octanol–water partition coefficient (Wildman–Crippen LogP) is 2.55. The number of nitrogens with two attached hydrogens (primary N) is 1. The maximum Gasteiger partial charge on any atom is 0.227 e. The van der Waals surface area contributed by atoms with E-state index in [-0.39, 0.29) is 29.8 Å². The number of ether oxygens (including phenoxy) is 1. The molecule has 0 aliphatic carbocycles. The van der Waals surface area contributed by atoms with Crippen LogP contribution in [0.1, 0.15) is 31.4 Å². The number of carbonyl (C=O) groups excluding carboxylic acids is 1. The molecule has 1 amide bonds. The summed E-state index contributed by atoms with van der Waals surface area (Å²) in [6, 6.07) is 6.11. The minimum atomic E-state index is -0.0150. The largest absolute Gasteiger partial charge is 0.496 e. The van der Waals surface area contributed by atoms with E-state index >= 15 is 0 Å². The molecule has 1 saturated heterocycles. The van der Waals surface area contributed by atoms with Crippen molar-refractivity contribution >= 4 is 18.3 Å². The number of aryl methyl sites for hydroxylation is 1. The molecular weight excluding hydrogens is 300 g/mol. The number of nitrogens with zero attached hydrogens (tertiary/aromatic N) is 1. The highest BCUT2D eigenvalue weighted by molar-refractivity contribution is 5.85. The van der Waals surface area contributed by atoms with E-state index in [0.29, 0.717) is 6.42 Å². The molecule has 0 radical (unpaired) electrons. The summed E-state index contributed by atoms with van der Waals surface area (Å²) in [7, 11) is 1.66. The molecule has 124 valence electrons. The zero-order valence-corrected chi connectivity index (χ0v) is 14.7. The molecule has 1 aromatic carbocycles. The van der Waals surface area contributed by atoms with Gasteiger partial charge in [0.05, 0.1) is 13.5 Å². The second kappa shape index (κ2) is 7.34. The number of halogens is 1. The summed E-state index contributed by atoms with van der Waals surface area (Å²) in [6.07, 6.45) is 1.29. The van der Waals surface area contributed by atoms with Gasteiger partial charge in [0.25, 0.3) is 0 Å². The number of hydrogen-bond donors (Lipinski definition) is 1. The molecule has 1 aliphatic rings. The van der Waals surface area contributed by atoms with Crippen molar-refractivity contribution in [2.24, 2.45) is 11.1 Å². The van der Waals surface area contributed by atoms with Gasteiger partial charge in [-0.15, -0.1) is 12.4 Å². The quantitative estimate of drug-likeness (QED) is 0.928. The van der Waals surface area contributed by atoms with Crippen molar-refractivity contribution in [2.75, 3.05) is 20.2 Å². The summed E-state index contributed by atoms with van der Waals surface area (Å²) >= 11 is 0. The smallest absolute Gasteiger partial charge is 0.227 e. The summed E-state index contributed by atoms with van der Waals surface area (Å²) in [5.74, 6) is 1.00. The third-order valence-corrected chi connectivity index (χ3v) is 4.49.